The van der Waals surface area contributed by atoms with Crippen molar-refractivity contribution in [1.82, 2.24) is 10.6 Å². The normalized spacial score (nSPS) is 11.9. The Kier molecular flexibility index (Phi) is 12.2. The van der Waals surface area contributed by atoms with Crippen LogP contribution in [0.25, 0.3) is 0 Å². The molecule has 0 bridgehead atoms. The van der Waals surface area contributed by atoms with Crippen molar-refractivity contribution in [3.63, 3.8) is 0 Å². The fraction of sp³-hybridized carbons (Fsp3) is 0.889. The van der Waals surface area contributed by atoms with E-state index in [-0.39, 0.29) is 30.5 Å². The van der Waals surface area contributed by atoms with E-state index in [9.17, 15) is 13.2 Å². The Morgan fingerprint density at radius 1 is 1.24 bits per heavy atom. The molecule has 2 N–H and O–H groups in total. The third kappa shape index (κ3) is 13.7. The Morgan fingerprint density at radius 2 is 1.82 bits per heavy atom. The fourth-order valence-corrected chi connectivity index (χ4v) is 0.929. The lowest BCUT2D eigenvalue weighted by Gasteiger charge is -2.12. The molecule has 0 saturated carbocycles. The van der Waals surface area contributed by atoms with Crippen LogP contribution in [0, 0.1) is 0 Å². The van der Waals surface area contributed by atoms with Crippen LogP contribution in [0.2, 0.25) is 0 Å². The zero-order valence-electron chi connectivity index (χ0n) is 9.93. The summed E-state index contributed by atoms with van der Waals surface area (Å²) in [5.74, 6) is 0.351. The summed E-state index contributed by atoms with van der Waals surface area (Å²) in [4.78, 5) is 3.78. The van der Waals surface area contributed by atoms with Crippen LogP contribution in [0.3, 0.4) is 0 Å². The van der Waals surface area contributed by atoms with Gasteiger partial charge in [0.05, 0.1) is 13.0 Å². The van der Waals surface area contributed by atoms with Crippen molar-refractivity contribution in [3.8, 4) is 0 Å². The van der Waals surface area contributed by atoms with Crippen LogP contribution >= 0.6 is 24.0 Å². The Balaban J connectivity index is 0. The first-order valence-electron chi connectivity index (χ1n) is 5.08. The van der Waals surface area contributed by atoms with Crippen molar-refractivity contribution in [2.24, 2.45) is 4.99 Å². The number of nitrogens with one attached hydrogen (secondary N) is 2. The minimum absolute atomic E-state index is 0. The summed E-state index contributed by atoms with van der Waals surface area (Å²) < 4.78 is 40.6. The standard InChI is InChI=1S/C9H18F3N3O.HI/c1-3-16-7-6-15-8(13-2)14-5-4-9(10,11)12;/h3-7H2,1-2H3,(H2,13,14,15);1H. The van der Waals surface area contributed by atoms with Crippen LogP contribution in [-0.4, -0.2) is 45.5 Å². The number of hydrogen-bond donors (Lipinski definition) is 2. The summed E-state index contributed by atoms with van der Waals surface area (Å²) in [5.41, 5.74) is 0. The Labute approximate surface area is 116 Å². The number of alkyl halides is 3. The number of nitrogens with zero attached hydrogens (tertiary/aromatic N) is 1. The molecule has 0 heterocycles. The number of aliphatic imine (C=N–C) groups is 1. The topological polar surface area (TPSA) is 45.6 Å². The molecule has 17 heavy (non-hydrogen) atoms. The van der Waals surface area contributed by atoms with Gasteiger partial charge < -0.3 is 15.4 Å². The predicted octanol–water partition coefficient (Wildman–Crippen LogP) is 1.76. The van der Waals surface area contributed by atoms with Crippen molar-refractivity contribution >= 4 is 29.9 Å². The molecule has 0 aliphatic heterocycles. The van der Waals surface area contributed by atoms with Gasteiger partial charge in [-0.25, -0.2) is 0 Å². The van der Waals surface area contributed by atoms with E-state index in [1.807, 2.05) is 6.92 Å². The second-order valence-corrected chi connectivity index (χ2v) is 2.99. The highest BCUT2D eigenvalue weighted by atomic mass is 127. The van der Waals surface area contributed by atoms with Crippen molar-refractivity contribution in [1.29, 1.82) is 0 Å². The summed E-state index contributed by atoms with van der Waals surface area (Å²) >= 11 is 0. The average Bonchev–Trinajstić information content (AvgIpc) is 2.20. The maximum atomic E-state index is 11.8. The first-order valence-corrected chi connectivity index (χ1v) is 5.08. The van der Waals surface area contributed by atoms with Crippen LogP contribution in [0.1, 0.15) is 13.3 Å². The first-order chi connectivity index (χ1) is 7.49. The number of ether oxygens (including phenoxy) is 1. The lowest BCUT2D eigenvalue weighted by molar-refractivity contribution is -0.132. The third-order valence-corrected chi connectivity index (χ3v) is 1.67. The third-order valence-electron chi connectivity index (χ3n) is 1.67. The molecule has 0 radical (unpaired) electrons. The molecule has 0 unspecified atom stereocenters. The SMILES string of the molecule is CCOCCNC(=NC)NCCC(F)(F)F.I. The number of rotatable bonds is 6. The molecule has 0 rings (SSSR count). The summed E-state index contributed by atoms with van der Waals surface area (Å²) in [6.07, 6.45) is -5.02. The smallest absolute Gasteiger partial charge is 0.380 e. The summed E-state index contributed by atoms with van der Waals surface area (Å²) in [6.45, 7) is 3.31. The quantitative estimate of drug-likeness (QED) is 0.325. The maximum Gasteiger partial charge on any atom is 0.390 e. The van der Waals surface area contributed by atoms with Gasteiger partial charge in [-0.3, -0.25) is 4.99 Å². The highest BCUT2D eigenvalue weighted by molar-refractivity contribution is 14.0. The Hall–Kier alpha value is -0.250. The molecule has 0 atom stereocenters. The molecular formula is C9H19F3IN3O. The van der Waals surface area contributed by atoms with Crippen LogP contribution < -0.4 is 10.6 Å². The van der Waals surface area contributed by atoms with E-state index >= 15 is 0 Å². The number of hydrogen-bond acceptors (Lipinski definition) is 2. The molecular weight excluding hydrogens is 350 g/mol. The van der Waals surface area contributed by atoms with Gasteiger partial charge in [0.2, 0.25) is 0 Å². The largest absolute Gasteiger partial charge is 0.390 e. The van der Waals surface area contributed by atoms with Crippen molar-refractivity contribution < 1.29 is 17.9 Å². The molecule has 0 aromatic heterocycles. The van der Waals surface area contributed by atoms with E-state index in [0.29, 0.717) is 25.7 Å². The summed E-state index contributed by atoms with van der Waals surface area (Å²) in [6, 6.07) is 0. The molecule has 0 spiro atoms. The molecule has 104 valence electrons. The van der Waals surface area contributed by atoms with Gasteiger partial charge in [-0.15, -0.1) is 24.0 Å². The van der Waals surface area contributed by atoms with E-state index < -0.39 is 12.6 Å². The molecule has 0 aliphatic carbocycles. The average molecular weight is 369 g/mol. The highest BCUT2D eigenvalue weighted by Crippen LogP contribution is 2.17. The molecule has 0 aromatic carbocycles. The Morgan fingerprint density at radius 3 is 2.29 bits per heavy atom. The predicted molar refractivity (Wildman–Crippen MR) is 71.9 cm³/mol. The second kappa shape index (κ2) is 10.9. The van der Waals surface area contributed by atoms with Gasteiger partial charge in [0.1, 0.15) is 0 Å². The van der Waals surface area contributed by atoms with Crippen molar-refractivity contribution in [3.05, 3.63) is 0 Å². The lowest BCUT2D eigenvalue weighted by Crippen LogP contribution is -2.40. The van der Waals surface area contributed by atoms with Gasteiger partial charge in [-0.05, 0) is 6.92 Å². The van der Waals surface area contributed by atoms with Gasteiger partial charge in [-0.2, -0.15) is 13.2 Å². The highest BCUT2D eigenvalue weighted by Gasteiger charge is 2.26. The molecule has 8 heteroatoms. The molecule has 0 fully saturated rings. The zero-order valence-corrected chi connectivity index (χ0v) is 12.3. The van der Waals surface area contributed by atoms with E-state index in [1.54, 1.807) is 0 Å². The Bertz CT molecular complexity index is 212. The van der Waals surface area contributed by atoms with Gasteiger partial charge in [0, 0.05) is 26.7 Å². The van der Waals surface area contributed by atoms with E-state index in [1.165, 1.54) is 7.05 Å². The van der Waals surface area contributed by atoms with E-state index in [2.05, 4.69) is 15.6 Å². The fourth-order valence-electron chi connectivity index (χ4n) is 0.929. The number of guanidine groups is 1. The maximum absolute atomic E-state index is 11.8. The van der Waals surface area contributed by atoms with Gasteiger partial charge >= 0.3 is 6.18 Å². The van der Waals surface area contributed by atoms with Gasteiger partial charge in [0.15, 0.2) is 5.96 Å². The van der Waals surface area contributed by atoms with Gasteiger partial charge in [-0.1, -0.05) is 0 Å². The molecule has 0 saturated heterocycles. The van der Waals surface area contributed by atoms with E-state index in [4.69, 9.17) is 4.74 Å². The molecule has 0 aliphatic rings. The van der Waals surface area contributed by atoms with E-state index in [0.717, 1.165) is 0 Å². The van der Waals surface area contributed by atoms with Crippen LogP contribution in [0.4, 0.5) is 13.2 Å². The van der Waals surface area contributed by atoms with Crippen LogP contribution in [0.5, 0.6) is 0 Å². The zero-order chi connectivity index (χ0) is 12.4. The number of halogens is 4. The minimum Gasteiger partial charge on any atom is -0.380 e. The first kappa shape index (κ1) is 19.1. The monoisotopic (exact) mass is 369 g/mol. The summed E-state index contributed by atoms with van der Waals surface area (Å²) in [7, 11) is 1.50. The van der Waals surface area contributed by atoms with Gasteiger partial charge in [0.25, 0.3) is 0 Å². The molecule has 4 nitrogen and oxygen atoms in total. The van der Waals surface area contributed by atoms with Crippen molar-refractivity contribution in [2.45, 2.75) is 19.5 Å². The van der Waals surface area contributed by atoms with Crippen LogP contribution in [0.15, 0.2) is 4.99 Å². The summed E-state index contributed by atoms with van der Waals surface area (Å²) in [5, 5.41) is 5.40. The lowest BCUT2D eigenvalue weighted by atomic mass is 10.4. The van der Waals surface area contributed by atoms with Crippen molar-refractivity contribution in [2.75, 3.05) is 33.4 Å². The second-order valence-electron chi connectivity index (χ2n) is 2.99. The van der Waals surface area contributed by atoms with Crippen LogP contribution in [-0.2, 0) is 4.74 Å². The molecule has 0 amide bonds. The molecule has 0 aromatic rings. The minimum atomic E-state index is -4.14.